The van der Waals surface area contributed by atoms with Gasteiger partial charge in [0.15, 0.2) is 0 Å². The largest absolute Gasteiger partial charge is 0.468 e. The number of aromatic nitrogens is 2. The van der Waals surface area contributed by atoms with Gasteiger partial charge in [-0.05, 0) is 57.6 Å². The van der Waals surface area contributed by atoms with E-state index in [4.69, 9.17) is 32.9 Å². The summed E-state index contributed by atoms with van der Waals surface area (Å²) in [6, 6.07) is 0. The van der Waals surface area contributed by atoms with Crippen molar-refractivity contribution in [3.05, 3.63) is 106 Å². The van der Waals surface area contributed by atoms with Crippen LogP contribution in [0.5, 0.6) is 0 Å². The van der Waals surface area contributed by atoms with Gasteiger partial charge >= 0.3 is 5.97 Å². The van der Waals surface area contributed by atoms with Gasteiger partial charge in [0, 0.05) is 16.3 Å². The number of ether oxygens (including phenoxy) is 1. The summed E-state index contributed by atoms with van der Waals surface area (Å²) < 4.78 is 6.72. The number of methoxy groups -OCH3 is 1. The molecule has 0 fully saturated rings. The van der Waals surface area contributed by atoms with E-state index in [2.05, 4.69) is 50.3 Å². The molecule has 0 N–H and O–H groups in total. The molecule has 0 radical (unpaired) electrons. The highest BCUT2D eigenvalue weighted by Gasteiger charge is 2.19. The fraction of sp³-hybridized carbons (Fsp3) is 0.375. The lowest BCUT2D eigenvalue weighted by Gasteiger charge is -2.11. The van der Waals surface area contributed by atoms with Crippen molar-refractivity contribution in [1.29, 1.82) is 0 Å². The topological polar surface area (TPSA) is 44.1 Å². The standard InChI is InChI=1S/C32H40Cl2N2O2/c1-5-8-9-10-15-25(7-3)16-13-17-26(14-6-2)20-21-31-35-30(23-36(31)24-32(37)38-4)28-19-12-11-18-27(33)22-29(28)34/h5,8-10,12,14,16,18-23,28H,6-7,11,13,15,17,24H2,1-4H3/b8-5-,10-9-,19-12?,21-20+,25-16+,26-14+,27-18+,29-22+. The summed E-state index contributed by atoms with van der Waals surface area (Å²) in [4.78, 5) is 17.0. The fourth-order valence-electron chi connectivity index (χ4n) is 3.99. The molecule has 204 valence electrons. The number of nitrogens with zero attached hydrogens (tertiary/aromatic N) is 2. The van der Waals surface area contributed by atoms with Gasteiger partial charge in [0.25, 0.3) is 0 Å². The minimum atomic E-state index is -0.338. The van der Waals surface area contributed by atoms with Gasteiger partial charge in [-0.2, -0.15) is 0 Å². The molecule has 1 unspecified atom stereocenters. The number of carbonyl (C=O) groups is 1. The van der Waals surface area contributed by atoms with E-state index in [0.717, 1.165) is 44.2 Å². The van der Waals surface area contributed by atoms with Crippen LogP contribution in [0.25, 0.3) is 6.08 Å². The average molecular weight is 556 g/mol. The average Bonchev–Trinajstić information content (AvgIpc) is 3.28. The predicted molar refractivity (Wildman–Crippen MR) is 162 cm³/mol. The van der Waals surface area contributed by atoms with Gasteiger partial charge in [-0.3, -0.25) is 4.79 Å². The number of rotatable bonds is 13. The van der Waals surface area contributed by atoms with Gasteiger partial charge in [0.1, 0.15) is 12.4 Å². The Bertz CT molecular complexity index is 1160. The van der Waals surface area contributed by atoms with E-state index < -0.39 is 0 Å². The van der Waals surface area contributed by atoms with Crippen LogP contribution in [0, 0.1) is 0 Å². The molecule has 4 nitrogen and oxygen atoms in total. The van der Waals surface area contributed by atoms with Crippen molar-refractivity contribution in [2.75, 3.05) is 7.11 Å². The van der Waals surface area contributed by atoms with Crippen LogP contribution in [0.3, 0.4) is 0 Å². The van der Waals surface area contributed by atoms with Crippen molar-refractivity contribution < 1.29 is 9.53 Å². The van der Waals surface area contributed by atoms with Gasteiger partial charge in [-0.1, -0.05) is 109 Å². The maximum absolute atomic E-state index is 12.1. The molecule has 0 bridgehead atoms. The summed E-state index contributed by atoms with van der Waals surface area (Å²) in [5, 5.41) is 1.17. The summed E-state index contributed by atoms with van der Waals surface area (Å²) in [5.74, 6) is 0.0950. The van der Waals surface area contributed by atoms with E-state index in [-0.39, 0.29) is 18.4 Å². The molecule has 0 saturated carbocycles. The Hall–Kier alpha value is -2.82. The highest BCUT2D eigenvalue weighted by Crippen LogP contribution is 2.32. The smallest absolute Gasteiger partial charge is 0.325 e. The van der Waals surface area contributed by atoms with Gasteiger partial charge in [-0.15, -0.1) is 0 Å². The lowest BCUT2D eigenvalue weighted by Crippen LogP contribution is -2.12. The van der Waals surface area contributed by atoms with E-state index in [0.29, 0.717) is 15.9 Å². The fourth-order valence-corrected chi connectivity index (χ4v) is 4.56. The van der Waals surface area contributed by atoms with E-state index in [1.165, 1.54) is 18.3 Å². The Balaban J connectivity index is 2.27. The molecule has 2 rings (SSSR count). The summed E-state index contributed by atoms with van der Waals surface area (Å²) in [6.45, 7) is 6.43. The van der Waals surface area contributed by atoms with Crippen LogP contribution in [0.1, 0.15) is 76.7 Å². The summed E-state index contributed by atoms with van der Waals surface area (Å²) >= 11 is 12.8. The van der Waals surface area contributed by atoms with E-state index in [9.17, 15) is 4.79 Å². The molecule has 1 heterocycles. The van der Waals surface area contributed by atoms with Crippen LogP contribution >= 0.6 is 23.2 Å². The lowest BCUT2D eigenvalue weighted by molar-refractivity contribution is -0.141. The van der Waals surface area contributed by atoms with Crippen LogP contribution in [0.15, 0.2) is 94.2 Å². The predicted octanol–water partition coefficient (Wildman–Crippen LogP) is 9.33. The first-order valence-corrected chi connectivity index (χ1v) is 14.0. The zero-order valence-electron chi connectivity index (χ0n) is 23.0. The molecular formula is C32H40Cl2N2O2. The zero-order chi connectivity index (χ0) is 27.8. The lowest BCUT2D eigenvalue weighted by atomic mass is 10.0. The van der Waals surface area contributed by atoms with Crippen LogP contribution in [0.4, 0.5) is 0 Å². The normalized spacial score (nSPS) is 20.0. The molecule has 1 atom stereocenters. The third kappa shape index (κ3) is 10.9. The summed E-state index contributed by atoms with van der Waals surface area (Å²) in [5.41, 5.74) is 3.43. The van der Waals surface area contributed by atoms with Crippen LogP contribution in [-0.2, 0) is 16.1 Å². The number of imidazole rings is 1. The minimum absolute atomic E-state index is 0.0672. The van der Waals surface area contributed by atoms with Crippen LogP contribution in [-0.4, -0.2) is 22.6 Å². The molecule has 6 heteroatoms. The van der Waals surface area contributed by atoms with E-state index >= 15 is 0 Å². The van der Waals surface area contributed by atoms with Crippen LogP contribution in [0.2, 0.25) is 0 Å². The molecule has 0 aromatic carbocycles. The molecule has 1 aromatic rings. The third-order valence-electron chi connectivity index (χ3n) is 6.07. The highest BCUT2D eigenvalue weighted by atomic mass is 35.5. The Morgan fingerprint density at radius 1 is 1.24 bits per heavy atom. The number of hydrogen-bond donors (Lipinski definition) is 0. The SMILES string of the molecule is C/C=C\C=C/C/C(=C/CCC(/C=C/c1nc(C2C=CC/C=C(Cl)\C=C/2Cl)cn1CC(=O)OC)=C\CC)CC. The minimum Gasteiger partial charge on any atom is -0.468 e. The molecule has 0 saturated heterocycles. The van der Waals surface area contributed by atoms with Crippen molar-refractivity contribution >= 4 is 35.2 Å². The number of esters is 1. The molecule has 0 spiro atoms. The van der Waals surface area contributed by atoms with Crippen molar-refractivity contribution in [2.24, 2.45) is 0 Å². The number of halogens is 2. The highest BCUT2D eigenvalue weighted by molar-refractivity contribution is 6.35. The Labute approximate surface area is 238 Å². The second-order valence-corrected chi connectivity index (χ2v) is 9.79. The van der Waals surface area contributed by atoms with Gasteiger partial charge < -0.3 is 9.30 Å². The first kappa shape index (κ1) is 31.4. The van der Waals surface area contributed by atoms with Gasteiger partial charge in [0.2, 0.25) is 0 Å². The Morgan fingerprint density at radius 2 is 2.05 bits per heavy atom. The number of hydrogen-bond acceptors (Lipinski definition) is 3. The van der Waals surface area contributed by atoms with E-state index in [1.54, 1.807) is 6.08 Å². The molecule has 1 aliphatic rings. The second-order valence-electron chi connectivity index (χ2n) is 8.92. The van der Waals surface area contributed by atoms with Crippen molar-refractivity contribution in [1.82, 2.24) is 9.55 Å². The van der Waals surface area contributed by atoms with Crippen LogP contribution < -0.4 is 0 Å². The zero-order valence-corrected chi connectivity index (χ0v) is 24.5. The quantitative estimate of drug-likeness (QED) is 0.138. The van der Waals surface area contributed by atoms with Crippen molar-refractivity contribution in [3.63, 3.8) is 0 Å². The monoisotopic (exact) mass is 554 g/mol. The molecule has 0 aliphatic heterocycles. The first-order chi connectivity index (χ1) is 18.4. The first-order valence-electron chi connectivity index (χ1n) is 13.3. The Kier molecular flexibility index (Phi) is 14.6. The maximum Gasteiger partial charge on any atom is 0.325 e. The van der Waals surface area contributed by atoms with Crippen molar-refractivity contribution in [2.45, 2.75) is 71.8 Å². The molecule has 38 heavy (non-hydrogen) atoms. The summed E-state index contributed by atoms with van der Waals surface area (Å²) in [7, 11) is 1.39. The second kappa shape index (κ2) is 17.6. The van der Waals surface area contributed by atoms with Gasteiger partial charge in [-0.25, -0.2) is 4.98 Å². The van der Waals surface area contributed by atoms with Gasteiger partial charge in [0.05, 0.1) is 18.7 Å². The molecule has 1 aliphatic carbocycles. The third-order valence-corrected chi connectivity index (χ3v) is 6.68. The van der Waals surface area contributed by atoms with Crippen molar-refractivity contribution in [3.8, 4) is 0 Å². The van der Waals surface area contributed by atoms with E-state index in [1.807, 2.05) is 48.1 Å². The maximum atomic E-state index is 12.1. The molecule has 0 amide bonds. The molecule has 1 aromatic heterocycles. The summed E-state index contributed by atoms with van der Waals surface area (Å²) in [6.07, 6.45) is 32.2. The number of carbonyl (C=O) groups excluding carboxylic acids is 1. The Morgan fingerprint density at radius 3 is 2.76 bits per heavy atom. The molecular weight excluding hydrogens is 515 g/mol. The number of allylic oxidation sites excluding steroid dienone is 15.